The Labute approximate surface area is 208 Å². The number of rotatable bonds is 9. The number of hydrogen-bond donors (Lipinski definition) is 0. The summed E-state index contributed by atoms with van der Waals surface area (Å²) >= 11 is 0. The fraction of sp³-hybridized carbons (Fsp3) is 0.333. The second-order valence-electron chi connectivity index (χ2n) is 9.57. The minimum atomic E-state index is 0.319. The third-order valence-corrected chi connectivity index (χ3v) is 6.64. The SMILES string of the molecule is CC(C)=CCN(c1ccc(OCc2ccccc2)cc1)C1CCN(Cc2ccc3c(c2)OCO3)C1. The lowest BCUT2D eigenvalue weighted by atomic mass is 10.1. The zero-order valence-electron chi connectivity index (χ0n) is 20.7. The summed E-state index contributed by atoms with van der Waals surface area (Å²) in [5.74, 6) is 2.60. The molecule has 3 aromatic rings. The van der Waals surface area contributed by atoms with Crippen molar-refractivity contribution in [2.75, 3.05) is 31.3 Å². The Morgan fingerprint density at radius 1 is 0.971 bits per heavy atom. The zero-order valence-corrected chi connectivity index (χ0v) is 20.7. The van der Waals surface area contributed by atoms with Crippen molar-refractivity contribution in [3.05, 3.63) is 95.6 Å². The molecule has 182 valence electrons. The van der Waals surface area contributed by atoms with Gasteiger partial charge in [0.05, 0.1) is 0 Å². The van der Waals surface area contributed by atoms with Crippen LogP contribution in [0.4, 0.5) is 5.69 Å². The first kappa shape index (κ1) is 23.3. The molecule has 5 nitrogen and oxygen atoms in total. The van der Waals surface area contributed by atoms with Crippen LogP contribution in [-0.4, -0.2) is 37.4 Å². The Balaban J connectivity index is 1.23. The monoisotopic (exact) mass is 470 g/mol. The maximum absolute atomic E-state index is 6.01. The van der Waals surface area contributed by atoms with Crippen molar-refractivity contribution in [2.24, 2.45) is 0 Å². The maximum atomic E-state index is 6.01. The van der Waals surface area contributed by atoms with Gasteiger partial charge in [-0.3, -0.25) is 4.90 Å². The molecule has 5 rings (SSSR count). The minimum Gasteiger partial charge on any atom is -0.489 e. The Morgan fingerprint density at radius 3 is 2.57 bits per heavy atom. The van der Waals surface area contributed by atoms with Crippen molar-refractivity contribution in [1.82, 2.24) is 4.90 Å². The van der Waals surface area contributed by atoms with Crippen LogP contribution in [0.5, 0.6) is 17.2 Å². The van der Waals surface area contributed by atoms with Crippen LogP contribution < -0.4 is 19.1 Å². The number of likely N-dealkylation sites (tertiary alicyclic amines) is 1. The summed E-state index contributed by atoms with van der Waals surface area (Å²) in [4.78, 5) is 5.07. The van der Waals surface area contributed by atoms with Crippen LogP contribution in [0.1, 0.15) is 31.4 Å². The molecule has 0 spiro atoms. The minimum absolute atomic E-state index is 0.319. The van der Waals surface area contributed by atoms with Gasteiger partial charge in [0.1, 0.15) is 12.4 Å². The highest BCUT2D eigenvalue weighted by Gasteiger charge is 2.28. The lowest BCUT2D eigenvalue weighted by molar-refractivity contribution is 0.174. The molecule has 35 heavy (non-hydrogen) atoms. The van der Waals surface area contributed by atoms with Crippen molar-refractivity contribution in [3.8, 4) is 17.2 Å². The van der Waals surface area contributed by atoms with E-state index in [-0.39, 0.29) is 0 Å². The number of allylic oxidation sites excluding steroid dienone is 1. The van der Waals surface area contributed by atoms with Gasteiger partial charge in [0.25, 0.3) is 0 Å². The Bertz CT molecular complexity index is 1140. The second kappa shape index (κ2) is 10.9. The van der Waals surface area contributed by atoms with Gasteiger partial charge in [-0.1, -0.05) is 48.0 Å². The van der Waals surface area contributed by atoms with Crippen LogP contribution in [0.15, 0.2) is 84.4 Å². The smallest absolute Gasteiger partial charge is 0.231 e. The van der Waals surface area contributed by atoms with E-state index in [0.717, 1.165) is 49.8 Å². The number of fused-ring (bicyclic) bond motifs is 1. The highest BCUT2D eigenvalue weighted by Crippen LogP contribution is 2.33. The van der Waals surface area contributed by atoms with E-state index in [2.05, 4.69) is 78.3 Å². The predicted molar refractivity (Wildman–Crippen MR) is 140 cm³/mol. The van der Waals surface area contributed by atoms with Crippen molar-refractivity contribution in [2.45, 2.75) is 39.5 Å². The molecule has 1 atom stereocenters. The highest BCUT2D eigenvalue weighted by atomic mass is 16.7. The summed E-state index contributed by atoms with van der Waals surface area (Å²) < 4.78 is 17.0. The molecule has 1 fully saturated rings. The molecule has 0 amide bonds. The standard InChI is InChI=1S/C30H34N2O3/c1-23(2)14-17-32(26-9-11-28(12-10-26)33-21-24-6-4-3-5-7-24)27-15-16-31(20-27)19-25-8-13-29-30(18-25)35-22-34-29/h3-14,18,27H,15-17,19-22H2,1-2H3. The average Bonchev–Trinajstić information content (AvgIpc) is 3.53. The zero-order chi connectivity index (χ0) is 24.0. The Morgan fingerprint density at radius 2 is 1.77 bits per heavy atom. The van der Waals surface area contributed by atoms with Crippen molar-refractivity contribution in [3.63, 3.8) is 0 Å². The third kappa shape index (κ3) is 5.98. The molecule has 1 unspecified atom stereocenters. The van der Waals surface area contributed by atoms with Crippen molar-refractivity contribution < 1.29 is 14.2 Å². The molecule has 0 N–H and O–H groups in total. The van der Waals surface area contributed by atoms with Gasteiger partial charge in [0.15, 0.2) is 11.5 Å². The molecule has 0 radical (unpaired) electrons. The van der Waals surface area contributed by atoms with Gasteiger partial charge in [0, 0.05) is 37.9 Å². The van der Waals surface area contributed by atoms with Crippen LogP contribution >= 0.6 is 0 Å². The summed E-state index contributed by atoms with van der Waals surface area (Å²) in [6.45, 7) is 9.20. The quantitative estimate of drug-likeness (QED) is 0.356. The average molecular weight is 471 g/mol. The predicted octanol–water partition coefficient (Wildman–Crippen LogP) is 6.04. The van der Waals surface area contributed by atoms with Crippen LogP contribution in [0, 0.1) is 0 Å². The van der Waals surface area contributed by atoms with Crippen LogP contribution in [0.3, 0.4) is 0 Å². The molecule has 2 heterocycles. The first-order chi connectivity index (χ1) is 17.1. The Hall–Kier alpha value is -3.44. The Kier molecular flexibility index (Phi) is 7.24. The summed E-state index contributed by atoms with van der Waals surface area (Å²) in [6, 6.07) is 25.6. The van der Waals surface area contributed by atoms with Gasteiger partial charge < -0.3 is 19.1 Å². The van der Waals surface area contributed by atoms with Crippen molar-refractivity contribution >= 4 is 5.69 Å². The highest BCUT2D eigenvalue weighted by molar-refractivity contribution is 5.51. The molecule has 5 heteroatoms. The summed E-state index contributed by atoms with van der Waals surface area (Å²) in [5.41, 5.74) is 5.03. The van der Waals surface area contributed by atoms with Gasteiger partial charge in [-0.2, -0.15) is 0 Å². The van der Waals surface area contributed by atoms with Crippen LogP contribution in [0.2, 0.25) is 0 Å². The lowest BCUT2D eigenvalue weighted by Crippen LogP contribution is -2.37. The number of nitrogens with zero attached hydrogens (tertiary/aromatic N) is 2. The normalized spacial score (nSPS) is 16.8. The topological polar surface area (TPSA) is 34.2 Å². The molecule has 0 aromatic heterocycles. The molecule has 2 aliphatic rings. The van der Waals surface area contributed by atoms with Crippen LogP contribution in [-0.2, 0) is 13.2 Å². The third-order valence-electron chi connectivity index (χ3n) is 6.64. The van der Waals surface area contributed by atoms with E-state index in [1.165, 1.54) is 22.4 Å². The maximum Gasteiger partial charge on any atom is 0.231 e. The summed E-state index contributed by atoms with van der Waals surface area (Å²) in [7, 11) is 0. The first-order valence-electron chi connectivity index (χ1n) is 12.4. The molecule has 0 saturated carbocycles. The summed E-state index contributed by atoms with van der Waals surface area (Å²) in [6.07, 6.45) is 3.47. The van der Waals surface area contributed by atoms with E-state index in [4.69, 9.17) is 14.2 Å². The van der Waals surface area contributed by atoms with Crippen molar-refractivity contribution in [1.29, 1.82) is 0 Å². The van der Waals surface area contributed by atoms with Crippen LogP contribution in [0.25, 0.3) is 0 Å². The van der Waals surface area contributed by atoms with Gasteiger partial charge in [0.2, 0.25) is 6.79 Å². The van der Waals surface area contributed by atoms with Gasteiger partial charge in [-0.25, -0.2) is 0 Å². The first-order valence-corrected chi connectivity index (χ1v) is 12.4. The van der Waals surface area contributed by atoms with Gasteiger partial charge in [-0.15, -0.1) is 0 Å². The molecule has 0 bridgehead atoms. The molecule has 0 aliphatic carbocycles. The number of anilines is 1. The number of ether oxygens (including phenoxy) is 3. The van der Waals surface area contributed by atoms with E-state index in [0.29, 0.717) is 19.4 Å². The number of hydrogen-bond acceptors (Lipinski definition) is 5. The fourth-order valence-corrected chi connectivity index (χ4v) is 4.73. The second-order valence-corrected chi connectivity index (χ2v) is 9.57. The van der Waals surface area contributed by atoms with E-state index < -0.39 is 0 Å². The van der Waals surface area contributed by atoms with E-state index in [1.54, 1.807) is 0 Å². The molecule has 2 aliphatic heterocycles. The molecular formula is C30H34N2O3. The van der Waals surface area contributed by atoms with E-state index >= 15 is 0 Å². The van der Waals surface area contributed by atoms with E-state index in [1.807, 2.05) is 24.3 Å². The molecular weight excluding hydrogens is 436 g/mol. The summed E-state index contributed by atoms with van der Waals surface area (Å²) in [5, 5.41) is 0. The van der Waals surface area contributed by atoms with E-state index in [9.17, 15) is 0 Å². The molecule has 1 saturated heterocycles. The largest absolute Gasteiger partial charge is 0.489 e. The van der Waals surface area contributed by atoms with Gasteiger partial charge in [-0.05, 0) is 67.8 Å². The van der Waals surface area contributed by atoms with Gasteiger partial charge >= 0.3 is 0 Å². The lowest BCUT2D eigenvalue weighted by Gasteiger charge is -2.31. The fourth-order valence-electron chi connectivity index (χ4n) is 4.73. The number of benzene rings is 3. The molecule has 3 aromatic carbocycles.